The molecular weight excluding hydrogens is 803 g/mol. The Hall–Kier alpha value is -7.97. The van der Waals surface area contributed by atoms with Gasteiger partial charge in [0.05, 0.1) is 39.6 Å². The van der Waals surface area contributed by atoms with Gasteiger partial charge in [0.25, 0.3) is 0 Å². The normalized spacial score (nSPS) is 12.5. The van der Waals surface area contributed by atoms with Crippen molar-refractivity contribution in [2.45, 2.75) is 52.4 Å². The topological polar surface area (TPSA) is 94.5 Å². The van der Waals surface area contributed by atoms with Crippen LogP contribution in [-0.4, -0.2) is 29.2 Å². The predicted octanol–water partition coefficient (Wildman–Crippen LogP) is 14.8. The molecule has 1 N–H and O–H groups in total. The van der Waals surface area contributed by atoms with E-state index in [1.165, 1.54) is 11.1 Å². The summed E-state index contributed by atoms with van der Waals surface area (Å²) in [5, 5.41) is 14.4. The summed E-state index contributed by atoms with van der Waals surface area (Å²) in [6.45, 7) is 13.4. The van der Waals surface area contributed by atoms with Crippen molar-refractivity contribution >= 4 is 60.6 Å². The minimum absolute atomic E-state index is 0.0689. The molecule has 0 bridgehead atoms. The average molecular weight is 848 g/mol. The van der Waals surface area contributed by atoms with Gasteiger partial charge in [-0.3, -0.25) is 9.55 Å². The van der Waals surface area contributed by atoms with E-state index in [0.717, 1.165) is 99.8 Å². The number of aromatic hydroxyl groups is 1. The Morgan fingerprint density at radius 3 is 2.09 bits per heavy atom. The first kappa shape index (κ1) is 38.7. The molecule has 0 saturated heterocycles. The molecule has 12 aromatic rings. The van der Waals surface area contributed by atoms with Gasteiger partial charge in [-0.25, -0.2) is 9.97 Å². The number of hydrogen-bond acceptors (Lipinski definition) is 6. The smallest absolute Gasteiger partial charge is 0.181 e. The minimum Gasteiger partial charge on any atom is -0.507 e. The van der Waals surface area contributed by atoms with Crippen molar-refractivity contribution < 1.29 is 14.0 Å². The molecule has 0 aliphatic heterocycles. The lowest BCUT2D eigenvalue weighted by molar-refractivity contribution is 0.423. The van der Waals surface area contributed by atoms with E-state index in [9.17, 15) is 5.11 Å². The summed E-state index contributed by atoms with van der Waals surface area (Å²) < 4.78 is 17.2. The zero-order chi connectivity index (χ0) is 44.4. The predicted molar refractivity (Wildman–Crippen MR) is 263 cm³/mol. The van der Waals surface area contributed by atoms with Crippen molar-refractivity contribution in [3.05, 3.63) is 169 Å². The van der Waals surface area contributed by atoms with Crippen molar-refractivity contribution in [1.29, 1.82) is 0 Å². The lowest BCUT2D eigenvalue weighted by atomic mass is 9.85. The molecule has 0 spiro atoms. The molecule has 0 aliphatic rings. The summed E-state index contributed by atoms with van der Waals surface area (Å²) in [6, 6.07) is 51.9. The van der Waals surface area contributed by atoms with Gasteiger partial charge in [-0.15, -0.1) is 0 Å². The lowest BCUT2D eigenvalue weighted by Gasteiger charge is -2.23. The van der Waals surface area contributed by atoms with Crippen molar-refractivity contribution in [3.8, 4) is 56.3 Å². The van der Waals surface area contributed by atoms with Crippen molar-refractivity contribution in [2.75, 3.05) is 0 Å². The van der Waals surface area contributed by atoms with Crippen LogP contribution in [0.25, 0.3) is 111 Å². The van der Waals surface area contributed by atoms with Crippen LogP contribution in [-0.2, 0) is 10.8 Å². The van der Waals surface area contributed by atoms with Gasteiger partial charge >= 0.3 is 0 Å². The van der Waals surface area contributed by atoms with E-state index >= 15 is 0 Å². The molecule has 12 rings (SSSR count). The van der Waals surface area contributed by atoms with E-state index in [1.807, 2.05) is 60.8 Å². The van der Waals surface area contributed by atoms with Crippen LogP contribution < -0.4 is 0 Å². The van der Waals surface area contributed by atoms with Crippen molar-refractivity contribution in [2.24, 2.45) is 0 Å². The van der Waals surface area contributed by atoms with E-state index in [4.69, 9.17) is 23.9 Å². The van der Waals surface area contributed by atoms with Gasteiger partial charge in [0, 0.05) is 27.5 Å². The fourth-order valence-corrected chi connectivity index (χ4v) is 9.35. The Morgan fingerprint density at radius 2 is 1.28 bits per heavy atom. The summed E-state index contributed by atoms with van der Waals surface area (Å²) in [5.41, 5.74) is 15.8. The number of nitrogens with zero attached hydrogens (tertiary/aromatic N) is 5. The monoisotopic (exact) mass is 847 g/mol. The maximum Gasteiger partial charge on any atom is 0.181 e. The second kappa shape index (κ2) is 14.0. The largest absolute Gasteiger partial charge is 0.507 e. The maximum atomic E-state index is 11.5. The van der Waals surface area contributed by atoms with Gasteiger partial charge in [0.1, 0.15) is 33.8 Å². The standard InChI is InChI=1S/C57H45N5O3/c1-56(2,3)35-24-26-46(41(29-35)33-15-8-7-9-16-33)61-47-20-14-19-37(52(47)60-54(61)39-17-10-12-21-49(39)63)34-27-42-38-25-23-36(57(4,5)6)30-51(38)64-53(42)43(28-34)44-31-48-45(32-58-44)59-55-40-18-11-13-22-50(40)65-62(48)55/h7-32,63H,1-6H3. The van der Waals surface area contributed by atoms with Crippen LogP contribution in [0.4, 0.5) is 0 Å². The van der Waals surface area contributed by atoms with Gasteiger partial charge in [0.15, 0.2) is 11.2 Å². The summed E-state index contributed by atoms with van der Waals surface area (Å²) >= 11 is 0. The highest BCUT2D eigenvalue weighted by molar-refractivity contribution is 6.13. The van der Waals surface area contributed by atoms with Crippen molar-refractivity contribution in [3.63, 3.8) is 0 Å². The first-order chi connectivity index (χ1) is 31.4. The van der Waals surface area contributed by atoms with Gasteiger partial charge < -0.3 is 14.0 Å². The number of para-hydroxylation sites is 3. The lowest BCUT2D eigenvalue weighted by Crippen LogP contribution is -2.12. The zero-order valence-electron chi connectivity index (χ0n) is 37.0. The Labute approximate surface area is 375 Å². The molecule has 8 nitrogen and oxygen atoms in total. The Bertz CT molecular complexity index is 3870. The number of rotatable bonds is 5. The molecule has 0 unspecified atom stereocenters. The fraction of sp³-hybridized carbons (Fsp3) is 0.140. The molecule has 0 atom stereocenters. The fourth-order valence-electron chi connectivity index (χ4n) is 9.35. The summed E-state index contributed by atoms with van der Waals surface area (Å²) in [7, 11) is 0. The second-order valence-electron chi connectivity index (χ2n) is 19.1. The number of hydrogen-bond donors (Lipinski definition) is 1. The number of furan rings is 1. The van der Waals surface area contributed by atoms with E-state index in [-0.39, 0.29) is 16.6 Å². The summed E-state index contributed by atoms with van der Waals surface area (Å²) in [4.78, 5) is 15.5. The molecule has 0 radical (unpaired) electrons. The first-order valence-electron chi connectivity index (χ1n) is 22.1. The van der Waals surface area contributed by atoms with Crippen LogP contribution in [0.15, 0.2) is 167 Å². The number of pyridine rings is 1. The molecule has 316 valence electrons. The molecule has 5 aromatic heterocycles. The highest BCUT2D eigenvalue weighted by atomic mass is 16.5. The zero-order valence-corrected chi connectivity index (χ0v) is 37.0. The Balaban J connectivity index is 1.14. The van der Waals surface area contributed by atoms with Crippen LogP contribution in [0.5, 0.6) is 5.75 Å². The molecule has 0 fully saturated rings. The number of imidazole rings is 2. The number of fused-ring (bicyclic) bond motifs is 9. The SMILES string of the molecule is CC(C)(C)c1ccc(-n2c(-c3ccccc3O)nc3c(-c4cc(-c5cc6c(cn5)nc5c7ccccc7on65)c5oc6cc(C(C)(C)C)ccc6c5c4)cccc32)c(-c2ccccc2)c1. The van der Waals surface area contributed by atoms with Gasteiger partial charge in [-0.1, -0.05) is 126 Å². The average Bonchev–Trinajstić information content (AvgIpc) is 4.07. The number of phenolic OH excluding ortho intramolecular Hbond substituents is 1. The molecule has 5 heterocycles. The number of benzene rings is 7. The van der Waals surface area contributed by atoms with Gasteiger partial charge in [0.2, 0.25) is 0 Å². The molecular formula is C57H45N5O3. The maximum absolute atomic E-state index is 11.5. The van der Waals surface area contributed by atoms with Crippen LogP contribution in [0.1, 0.15) is 52.7 Å². The van der Waals surface area contributed by atoms with Crippen LogP contribution in [0.3, 0.4) is 0 Å². The molecule has 0 aliphatic carbocycles. The van der Waals surface area contributed by atoms with E-state index in [0.29, 0.717) is 11.4 Å². The minimum atomic E-state index is -0.0792. The highest BCUT2D eigenvalue weighted by Crippen LogP contribution is 2.45. The third kappa shape index (κ3) is 6.15. The second-order valence-corrected chi connectivity index (χ2v) is 19.1. The van der Waals surface area contributed by atoms with Crippen molar-refractivity contribution in [1.82, 2.24) is 24.1 Å². The third-order valence-corrected chi connectivity index (χ3v) is 12.9. The summed E-state index contributed by atoms with van der Waals surface area (Å²) in [5.74, 6) is 0.792. The number of aromatic nitrogens is 5. The molecule has 8 heteroatoms. The molecule has 7 aromatic carbocycles. The molecule has 65 heavy (non-hydrogen) atoms. The highest BCUT2D eigenvalue weighted by Gasteiger charge is 2.26. The van der Waals surface area contributed by atoms with Gasteiger partial charge in [-0.05, 0) is 99.8 Å². The quantitative estimate of drug-likeness (QED) is 0.185. The van der Waals surface area contributed by atoms with E-state index < -0.39 is 0 Å². The third-order valence-electron chi connectivity index (χ3n) is 12.9. The Morgan fingerprint density at radius 1 is 0.538 bits per heavy atom. The van der Waals surface area contributed by atoms with Gasteiger partial charge in [-0.2, -0.15) is 4.57 Å². The van der Waals surface area contributed by atoms with Crippen LogP contribution in [0.2, 0.25) is 0 Å². The molecule has 0 amide bonds. The molecule has 0 saturated carbocycles. The Kier molecular flexibility index (Phi) is 8.34. The van der Waals surface area contributed by atoms with E-state index in [1.54, 1.807) is 10.6 Å². The first-order valence-corrected chi connectivity index (χ1v) is 22.1. The van der Waals surface area contributed by atoms with Crippen LogP contribution in [0, 0.1) is 0 Å². The van der Waals surface area contributed by atoms with Crippen LogP contribution >= 0.6 is 0 Å². The van der Waals surface area contributed by atoms with E-state index in [2.05, 4.69) is 137 Å². The summed E-state index contributed by atoms with van der Waals surface area (Å²) in [6.07, 6.45) is 1.82. The number of phenols is 1.